The van der Waals surface area contributed by atoms with Crippen molar-refractivity contribution in [1.29, 1.82) is 0 Å². The number of nitrogens with zero attached hydrogens (tertiary/aromatic N) is 3. The van der Waals surface area contributed by atoms with E-state index >= 15 is 0 Å². The third-order valence-electron chi connectivity index (χ3n) is 5.16. The number of rotatable bonds is 3. The first-order chi connectivity index (χ1) is 13.9. The largest absolute Gasteiger partial charge is 0.364 e. The molecule has 150 valence electrons. The van der Waals surface area contributed by atoms with E-state index in [9.17, 15) is 22.8 Å². The first-order valence-corrected chi connectivity index (χ1v) is 9.14. The molecule has 0 aliphatic carbocycles. The van der Waals surface area contributed by atoms with Crippen LogP contribution in [0, 0.1) is 17.5 Å². The Morgan fingerprint density at radius 2 is 1.41 bits per heavy atom. The minimum atomic E-state index is -1.01. The standard InChI is InChI=1S/C21H18F3N3O2/c1-25-8-10-26(11-9-25)19-18(13-2-4-14(22)5-3-13)20(28)27(21(19)29)17-7-6-15(23)12-16(17)24/h2-7,12H,8-11H2,1H3. The fourth-order valence-electron chi connectivity index (χ4n) is 3.60. The molecule has 2 heterocycles. The van der Waals surface area contributed by atoms with Crippen LogP contribution in [-0.2, 0) is 9.59 Å². The lowest BCUT2D eigenvalue weighted by Gasteiger charge is -2.34. The molecule has 29 heavy (non-hydrogen) atoms. The van der Waals surface area contributed by atoms with Gasteiger partial charge >= 0.3 is 0 Å². The molecular weight excluding hydrogens is 383 g/mol. The number of anilines is 1. The summed E-state index contributed by atoms with van der Waals surface area (Å²) in [6.45, 7) is 2.39. The molecule has 1 saturated heterocycles. The topological polar surface area (TPSA) is 43.9 Å². The van der Waals surface area contributed by atoms with Crippen molar-refractivity contribution >= 4 is 23.1 Å². The Balaban J connectivity index is 1.82. The summed E-state index contributed by atoms with van der Waals surface area (Å²) < 4.78 is 41.1. The summed E-state index contributed by atoms with van der Waals surface area (Å²) in [7, 11) is 1.95. The van der Waals surface area contributed by atoms with Gasteiger partial charge in [0.15, 0.2) is 0 Å². The average molecular weight is 401 g/mol. The molecule has 2 aromatic rings. The van der Waals surface area contributed by atoms with E-state index in [1.54, 1.807) is 4.90 Å². The van der Waals surface area contributed by atoms with E-state index in [1.807, 2.05) is 7.05 Å². The van der Waals surface area contributed by atoms with Gasteiger partial charge in [0.05, 0.1) is 11.3 Å². The van der Waals surface area contributed by atoms with E-state index in [0.29, 0.717) is 37.8 Å². The fraction of sp³-hybridized carbons (Fsp3) is 0.238. The summed E-state index contributed by atoms with van der Waals surface area (Å²) in [5.74, 6) is -3.69. The van der Waals surface area contributed by atoms with Gasteiger partial charge in [-0.15, -0.1) is 0 Å². The van der Waals surface area contributed by atoms with Gasteiger partial charge in [-0.1, -0.05) is 12.1 Å². The van der Waals surface area contributed by atoms with Crippen LogP contribution in [0.25, 0.3) is 5.57 Å². The molecule has 1 fully saturated rings. The van der Waals surface area contributed by atoms with Gasteiger partial charge < -0.3 is 9.80 Å². The van der Waals surface area contributed by atoms with Crippen LogP contribution in [0.1, 0.15) is 5.56 Å². The van der Waals surface area contributed by atoms with Crippen LogP contribution < -0.4 is 4.90 Å². The van der Waals surface area contributed by atoms with Crippen LogP contribution in [0.15, 0.2) is 48.2 Å². The summed E-state index contributed by atoms with van der Waals surface area (Å²) in [6.07, 6.45) is 0. The normalized spacial score (nSPS) is 18.2. The molecule has 0 N–H and O–H groups in total. The number of benzene rings is 2. The predicted molar refractivity (Wildman–Crippen MR) is 101 cm³/mol. The lowest BCUT2D eigenvalue weighted by molar-refractivity contribution is -0.120. The lowest BCUT2D eigenvalue weighted by atomic mass is 10.0. The van der Waals surface area contributed by atoms with E-state index < -0.39 is 29.3 Å². The third kappa shape index (κ3) is 3.40. The van der Waals surface area contributed by atoms with E-state index in [2.05, 4.69) is 4.90 Å². The minimum absolute atomic E-state index is 0.0864. The van der Waals surface area contributed by atoms with Crippen molar-refractivity contribution in [3.05, 3.63) is 71.2 Å². The molecule has 0 unspecified atom stereocenters. The summed E-state index contributed by atoms with van der Waals surface area (Å²) in [4.78, 5) is 31.1. The summed E-state index contributed by atoms with van der Waals surface area (Å²) in [5, 5.41) is 0. The van der Waals surface area contributed by atoms with Crippen molar-refractivity contribution in [2.45, 2.75) is 0 Å². The molecule has 0 radical (unpaired) electrons. The SMILES string of the molecule is CN1CCN(C2=C(c3ccc(F)cc3)C(=O)N(c3ccc(F)cc3F)C2=O)CC1. The number of amides is 2. The van der Waals surface area contributed by atoms with E-state index in [4.69, 9.17) is 0 Å². The van der Waals surface area contributed by atoms with Crippen LogP contribution in [-0.4, -0.2) is 54.8 Å². The molecule has 0 bridgehead atoms. The number of imide groups is 1. The first kappa shape index (κ1) is 19.2. The molecule has 0 spiro atoms. The quantitative estimate of drug-likeness (QED) is 0.742. The Hall–Kier alpha value is -3.13. The van der Waals surface area contributed by atoms with Crippen LogP contribution in [0.3, 0.4) is 0 Å². The molecule has 8 heteroatoms. The highest BCUT2D eigenvalue weighted by Crippen LogP contribution is 2.36. The van der Waals surface area contributed by atoms with Crippen molar-refractivity contribution in [2.24, 2.45) is 0 Å². The van der Waals surface area contributed by atoms with Crippen molar-refractivity contribution in [2.75, 3.05) is 38.1 Å². The molecule has 2 aliphatic rings. The van der Waals surface area contributed by atoms with Gasteiger partial charge in [-0.05, 0) is 36.9 Å². The number of likely N-dealkylation sites (N-methyl/N-ethyl adjacent to an activating group) is 1. The molecular formula is C21H18F3N3O2. The number of piperazine rings is 1. The molecule has 0 saturated carbocycles. The molecule has 4 rings (SSSR count). The fourth-order valence-corrected chi connectivity index (χ4v) is 3.60. The Bertz CT molecular complexity index is 1010. The van der Waals surface area contributed by atoms with Crippen molar-refractivity contribution in [3.63, 3.8) is 0 Å². The predicted octanol–water partition coefficient (Wildman–Crippen LogP) is 2.64. The molecule has 5 nitrogen and oxygen atoms in total. The van der Waals surface area contributed by atoms with Gasteiger partial charge in [0.25, 0.3) is 11.8 Å². The summed E-state index contributed by atoms with van der Waals surface area (Å²) in [5.41, 5.74) is 0.288. The van der Waals surface area contributed by atoms with Gasteiger partial charge in [-0.2, -0.15) is 0 Å². The third-order valence-corrected chi connectivity index (χ3v) is 5.16. The maximum Gasteiger partial charge on any atom is 0.282 e. The number of carbonyl (C=O) groups is 2. The smallest absolute Gasteiger partial charge is 0.282 e. The van der Waals surface area contributed by atoms with Crippen LogP contribution in [0.4, 0.5) is 18.9 Å². The summed E-state index contributed by atoms with van der Waals surface area (Å²) in [6, 6.07) is 7.90. The second kappa shape index (κ2) is 7.36. The molecule has 2 aromatic carbocycles. The van der Waals surface area contributed by atoms with Crippen molar-refractivity contribution in [1.82, 2.24) is 9.80 Å². The highest BCUT2D eigenvalue weighted by Gasteiger charge is 2.43. The van der Waals surface area contributed by atoms with E-state index in [-0.39, 0.29) is 17.0 Å². The Labute approximate surface area is 165 Å². The van der Waals surface area contributed by atoms with Crippen molar-refractivity contribution in [3.8, 4) is 0 Å². The molecule has 2 amide bonds. The number of carbonyl (C=O) groups excluding carboxylic acids is 2. The average Bonchev–Trinajstić information content (AvgIpc) is 2.94. The molecule has 0 aromatic heterocycles. The number of halogens is 3. The summed E-state index contributed by atoms with van der Waals surface area (Å²) >= 11 is 0. The lowest BCUT2D eigenvalue weighted by Crippen LogP contribution is -2.46. The van der Waals surface area contributed by atoms with E-state index in [0.717, 1.165) is 17.0 Å². The van der Waals surface area contributed by atoms with Gasteiger partial charge in [-0.25, -0.2) is 18.1 Å². The molecule has 0 atom stereocenters. The van der Waals surface area contributed by atoms with Crippen LogP contribution >= 0.6 is 0 Å². The Morgan fingerprint density at radius 1 is 0.793 bits per heavy atom. The van der Waals surface area contributed by atoms with E-state index in [1.165, 1.54) is 24.3 Å². The van der Waals surface area contributed by atoms with Crippen LogP contribution in [0.5, 0.6) is 0 Å². The zero-order valence-corrected chi connectivity index (χ0v) is 15.7. The zero-order valence-electron chi connectivity index (χ0n) is 15.7. The highest BCUT2D eigenvalue weighted by molar-refractivity contribution is 6.45. The first-order valence-electron chi connectivity index (χ1n) is 9.14. The second-order valence-electron chi connectivity index (χ2n) is 7.06. The second-order valence-corrected chi connectivity index (χ2v) is 7.06. The van der Waals surface area contributed by atoms with Gasteiger partial charge in [0.2, 0.25) is 0 Å². The Kier molecular flexibility index (Phi) is 4.87. The maximum atomic E-state index is 14.4. The van der Waals surface area contributed by atoms with Gasteiger partial charge in [-0.3, -0.25) is 9.59 Å². The number of hydrogen-bond donors (Lipinski definition) is 0. The molecule has 2 aliphatic heterocycles. The minimum Gasteiger partial charge on any atom is -0.364 e. The van der Waals surface area contributed by atoms with Crippen molar-refractivity contribution < 1.29 is 22.8 Å². The van der Waals surface area contributed by atoms with Crippen LogP contribution in [0.2, 0.25) is 0 Å². The van der Waals surface area contributed by atoms with Gasteiger partial charge in [0.1, 0.15) is 23.1 Å². The monoisotopic (exact) mass is 401 g/mol. The number of hydrogen-bond acceptors (Lipinski definition) is 4. The maximum absolute atomic E-state index is 14.4. The zero-order chi connectivity index (χ0) is 20.7. The Morgan fingerprint density at radius 3 is 2.03 bits per heavy atom. The highest BCUT2D eigenvalue weighted by atomic mass is 19.1. The van der Waals surface area contributed by atoms with Gasteiger partial charge in [0, 0.05) is 32.2 Å².